The molecule has 1 N–H and O–H groups in total. The summed E-state index contributed by atoms with van der Waals surface area (Å²) in [4.78, 5) is 10.6. The van der Waals surface area contributed by atoms with Crippen molar-refractivity contribution in [2.45, 2.75) is 79.3 Å². The lowest BCUT2D eigenvalue weighted by molar-refractivity contribution is -0.386. The third-order valence-corrected chi connectivity index (χ3v) is 4.33. The maximum atomic E-state index is 11.0. The zero-order chi connectivity index (χ0) is 20.1. The fourth-order valence-corrected chi connectivity index (χ4v) is 2.72. The smallest absolute Gasteiger partial charge is 0.274 e. The number of nitro benzene ring substituents is 1. The Labute approximate surface area is 157 Å². The van der Waals surface area contributed by atoms with Crippen molar-refractivity contribution < 1.29 is 19.5 Å². The Hall–Kier alpha value is -1.50. The van der Waals surface area contributed by atoms with Crippen LogP contribution in [0, 0.1) is 16.0 Å². The largest absolute Gasteiger partial charge is 0.394 e. The molecule has 4 unspecified atom stereocenters. The number of para-hydroxylation sites is 1. The molecule has 2 rings (SSSR count). The van der Waals surface area contributed by atoms with E-state index in [0.29, 0.717) is 17.9 Å². The summed E-state index contributed by atoms with van der Waals surface area (Å²) in [6.07, 6.45) is 1.18. The quantitative estimate of drug-likeness (QED) is 0.555. The molecule has 1 aromatic carbocycles. The van der Waals surface area contributed by atoms with Crippen molar-refractivity contribution in [2.24, 2.45) is 5.92 Å². The van der Waals surface area contributed by atoms with Gasteiger partial charge < -0.3 is 14.6 Å². The van der Waals surface area contributed by atoms with E-state index in [9.17, 15) is 15.2 Å². The van der Waals surface area contributed by atoms with Crippen molar-refractivity contribution in [1.29, 1.82) is 0 Å². The number of benzene rings is 1. The van der Waals surface area contributed by atoms with E-state index >= 15 is 0 Å². The Bertz CT molecular complexity index is 509. The van der Waals surface area contributed by atoms with Crippen LogP contribution in [0.1, 0.15) is 59.9 Å². The highest BCUT2D eigenvalue weighted by atomic mass is 16.6. The average molecular weight is 370 g/mol. The predicted octanol–water partition coefficient (Wildman–Crippen LogP) is 4.73. The first-order valence-electron chi connectivity index (χ1n) is 9.67. The van der Waals surface area contributed by atoms with Gasteiger partial charge in [0.15, 0.2) is 0 Å². The van der Waals surface area contributed by atoms with E-state index in [-0.39, 0.29) is 37.2 Å². The van der Waals surface area contributed by atoms with Crippen molar-refractivity contribution in [2.75, 3.05) is 6.61 Å². The van der Waals surface area contributed by atoms with Gasteiger partial charge in [0.25, 0.3) is 5.69 Å². The van der Waals surface area contributed by atoms with Gasteiger partial charge >= 0.3 is 0 Å². The Morgan fingerprint density at radius 1 is 1.31 bits per heavy atom. The van der Waals surface area contributed by atoms with Crippen LogP contribution in [0.15, 0.2) is 24.3 Å². The van der Waals surface area contributed by atoms with E-state index < -0.39 is 4.92 Å². The van der Waals surface area contributed by atoms with Crippen LogP contribution in [0.25, 0.3) is 0 Å². The second-order valence-corrected chi connectivity index (χ2v) is 5.75. The molecule has 0 radical (unpaired) electrons. The highest BCUT2D eigenvalue weighted by Gasteiger charge is 2.37. The molecule has 0 amide bonds. The van der Waals surface area contributed by atoms with Crippen LogP contribution < -0.4 is 0 Å². The van der Waals surface area contributed by atoms with E-state index in [2.05, 4.69) is 13.8 Å². The number of ether oxygens (including phenoxy) is 2. The molecule has 0 saturated carbocycles. The highest BCUT2D eigenvalue weighted by Crippen LogP contribution is 2.30. The molecule has 26 heavy (non-hydrogen) atoms. The lowest BCUT2D eigenvalue weighted by Gasteiger charge is -2.17. The average Bonchev–Trinajstić information content (AvgIpc) is 3.12. The first-order chi connectivity index (χ1) is 12.6. The van der Waals surface area contributed by atoms with Gasteiger partial charge in [0.1, 0.15) is 6.10 Å². The van der Waals surface area contributed by atoms with E-state index in [1.165, 1.54) is 6.07 Å². The van der Waals surface area contributed by atoms with Crippen LogP contribution in [-0.4, -0.2) is 34.9 Å². The Morgan fingerprint density at radius 2 is 1.92 bits per heavy atom. The van der Waals surface area contributed by atoms with Crippen molar-refractivity contribution in [3.8, 4) is 0 Å². The van der Waals surface area contributed by atoms with Crippen LogP contribution in [0.2, 0.25) is 0 Å². The molecule has 1 aliphatic rings. The number of hydrogen-bond donors (Lipinski definition) is 1. The standard InChI is InChI=1S/C16H23NO5.2C2H6/c1-3-11(2)14-8-15(16(9-18)22-14)21-10-12-6-4-5-7-13(12)17(19)20;2*1-2/h4-7,11,14-16,18H,3,8-10H2,1-2H3;2*1-2H3. The van der Waals surface area contributed by atoms with E-state index in [4.69, 9.17) is 9.47 Å². The van der Waals surface area contributed by atoms with E-state index in [0.717, 1.165) is 6.42 Å². The summed E-state index contributed by atoms with van der Waals surface area (Å²) in [5.41, 5.74) is 0.594. The summed E-state index contributed by atoms with van der Waals surface area (Å²) in [5, 5.41) is 20.4. The van der Waals surface area contributed by atoms with Crippen molar-refractivity contribution in [3.05, 3.63) is 39.9 Å². The summed E-state index contributed by atoms with van der Waals surface area (Å²) in [7, 11) is 0. The molecule has 1 heterocycles. The van der Waals surface area contributed by atoms with Crippen molar-refractivity contribution in [3.63, 3.8) is 0 Å². The zero-order valence-corrected chi connectivity index (χ0v) is 17.0. The molecule has 1 saturated heterocycles. The molecular weight excluding hydrogens is 334 g/mol. The Morgan fingerprint density at radius 3 is 2.46 bits per heavy atom. The van der Waals surface area contributed by atoms with E-state index in [1.54, 1.807) is 18.2 Å². The lowest BCUT2D eigenvalue weighted by atomic mass is 9.98. The summed E-state index contributed by atoms with van der Waals surface area (Å²) in [6.45, 7) is 12.3. The Balaban J connectivity index is 0.00000146. The van der Waals surface area contributed by atoms with Crippen molar-refractivity contribution >= 4 is 5.69 Å². The number of aliphatic hydroxyl groups excluding tert-OH is 1. The summed E-state index contributed by atoms with van der Waals surface area (Å²) in [5.74, 6) is 0.397. The molecule has 6 heteroatoms. The molecular formula is C20H35NO5. The first-order valence-corrected chi connectivity index (χ1v) is 9.67. The van der Waals surface area contributed by atoms with Gasteiger partial charge in [0, 0.05) is 12.5 Å². The van der Waals surface area contributed by atoms with Gasteiger partial charge in [0.2, 0.25) is 0 Å². The van der Waals surface area contributed by atoms with Gasteiger partial charge in [-0.3, -0.25) is 10.1 Å². The van der Waals surface area contributed by atoms with Crippen LogP contribution in [0.3, 0.4) is 0 Å². The minimum absolute atomic E-state index is 0.0560. The van der Waals surface area contributed by atoms with Crippen LogP contribution in [0.5, 0.6) is 0 Å². The zero-order valence-electron chi connectivity index (χ0n) is 17.0. The number of hydrogen-bond acceptors (Lipinski definition) is 5. The SMILES string of the molecule is CC.CC.CCC(C)C1CC(OCc2ccccc2[N+](=O)[O-])C(CO)O1. The van der Waals surface area contributed by atoms with Crippen molar-refractivity contribution in [1.82, 2.24) is 0 Å². The summed E-state index contributed by atoms with van der Waals surface area (Å²) in [6, 6.07) is 6.54. The van der Waals surface area contributed by atoms with Gasteiger partial charge in [-0.15, -0.1) is 0 Å². The third-order valence-electron chi connectivity index (χ3n) is 4.33. The van der Waals surface area contributed by atoms with Gasteiger partial charge in [-0.1, -0.05) is 60.1 Å². The van der Waals surface area contributed by atoms with Crippen LogP contribution >= 0.6 is 0 Å². The van der Waals surface area contributed by atoms with Crippen LogP contribution in [-0.2, 0) is 16.1 Å². The minimum atomic E-state index is -0.407. The molecule has 1 fully saturated rings. The number of rotatable bonds is 7. The lowest BCUT2D eigenvalue weighted by Crippen LogP contribution is -2.27. The molecule has 1 aliphatic heterocycles. The number of nitro groups is 1. The molecule has 150 valence electrons. The fourth-order valence-electron chi connectivity index (χ4n) is 2.72. The fraction of sp³-hybridized carbons (Fsp3) is 0.700. The normalized spacial score (nSPS) is 22.5. The predicted molar refractivity (Wildman–Crippen MR) is 104 cm³/mol. The summed E-state index contributed by atoms with van der Waals surface area (Å²) >= 11 is 0. The second-order valence-electron chi connectivity index (χ2n) is 5.75. The summed E-state index contributed by atoms with van der Waals surface area (Å²) < 4.78 is 11.7. The van der Waals surface area contributed by atoms with Gasteiger partial charge in [-0.2, -0.15) is 0 Å². The first kappa shape index (κ1) is 24.5. The molecule has 1 aromatic rings. The topological polar surface area (TPSA) is 81.8 Å². The molecule has 0 aromatic heterocycles. The Kier molecular flexibility index (Phi) is 12.9. The highest BCUT2D eigenvalue weighted by molar-refractivity contribution is 5.39. The molecule has 6 nitrogen and oxygen atoms in total. The number of aliphatic hydroxyl groups is 1. The maximum Gasteiger partial charge on any atom is 0.274 e. The molecule has 0 bridgehead atoms. The maximum absolute atomic E-state index is 11.0. The van der Waals surface area contributed by atoms with Gasteiger partial charge in [-0.25, -0.2) is 0 Å². The third kappa shape index (κ3) is 7.02. The number of nitrogens with zero attached hydrogens (tertiary/aromatic N) is 1. The second kappa shape index (κ2) is 13.7. The van der Waals surface area contributed by atoms with Gasteiger partial charge in [-0.05, 0) is 12.0 Å². The van der Waals surface area contributed by atoms with E-state index in [1.807, 2.05) is 27.7 Å². The molecule has 0 aliphatic carbocycles. The monoisotopic (exact) mass is 369 g/mol. The molecule has 4 atom stereocenters. The molecule has 0 spiro atoms. The van der Waals surface area contributed by atoms with Gasteiger partial charge in [0.05, 0.1) is 35.9 Å². The minimum Gasteiger partial charge on any atom is -0.394 e. The van der Waals surface area contributed by atoms with Crippen LogP contribution in [0.4, 0.5) is 5.69 Å².